The van der Waals surface area contributed by atoms with Crippen molar-refractivity contribution in [2.45, 2.75) is 32.1 Å². The van der Waals surface area contributed by atoms with Gasteiger partial charge in [0.1, 0.15) is 24.5 Å². The average Bonchev–Trinajstić information content (AvgIpc) is 3.47. The summed E-state index contributed by atoms with van der Waals surface area (Å²) in [6.07, 6.45) is 1.56. The summed E-state index contributed by atoms with van der Waals surface area (Å²) in [5.41, 5.74) is 2.03. The van der Waals surface area contributed by atoms with Gasteiger partial charge in [0.15, 0.2) is 22.2 Å². The van der Waals surface area contributed by atoms with Crippen LogP contribution in [-0.2, 0) is 17.9 Å². The highest BCUT2D eigenvalue weighted by Crippen LogP contribution is 2.32. The predicted octanol–water partition coefficient (Wildman–Crippen LogP) is 3.06. The summed E-state index contributed by atoms with van der Waals surface area (Å²) in [4.78, 5) is 30.8. The van der Waals surface area contributed by atoms with E-state index in [0.29, 0.717) is 64.6 Å². The molecule has 0 unspecified atom stereocenters. The molecular formula is C23H23N5O5S. The molecule has 0 saturated carbocycles. The van der Waals surface area contributed by atoms with Crippen LogP contribution >= 0.6 is 11.8 Å². The molecule has 5 rings (SSSR count). The van der Waals surface area contributed by atoms with Gasteiger partial charge in [-0.1, -0.05) is 11.8 Å². The predicted molar refractivity (Wildman–Crippen MR) is 127 cm³/mol. The Hall–Kier alpha value is -3.73. The van der Waals surface area contributed by atoms with Gasteiger partial charge in [-0.2, -0.15) is 5.10 Å². The Balaban J connectivity index is 1.40. The topological polar surface area (TPSA) is 113 Å². The van der Waals surface area contributed by atoms with Crippen LogP contribution < -0.4 is 20.3 Å². The molecule has 34 heavy (non-hydrogen) atoms. The van der Waals surface area contributed by atoms with Crippen LogP contribution in [0.1, 0.15) is 18.4 Å². The highest BCUT2D eigenvalue weighted by Gasteiger charge is 2.20. The SMILES string of the molecule is CCn1nc(C)c2nc(SCC(=O)Nc3ccc4c(c3)OCCO4)n(Cc3ccco3)c(=O)c21. The van der Waals surface area contributed by atoms with Crippen molar-refractivity contribution in [3.63, 3.8) is 0 Å². The summed E-state index contributed by atoms with van der Waals surface area (Å²) in [7, 11) is 0. The number of thioether (sulfide) groups is 1. The quantitative estimate of drug-likeness (QED) is 0.317. The number of rotatable bonds is 7. The molecule has 0 bridgehead atoms. The van der Waals surface area contributed by atoms with Gasteiger partial charge in [0, 0.05) is 18.3 Å². The standard InChI is InChI=1S/C23H23N5O5S/c1-3-28-21-20(14(2)26-28)25-23(27(22(21)30)12-16-5-4-8-31-16)34-13-19(29)24-15-6-7-17-18(11-15)33-10-9-32-17/h4-8,11H,3,9-10,12-13H2,1-2H3,(H,24,29). The smallest absolute Gasteiger partial charge is 0.280 e. The van der Waals surface area contributed by atoms with Gasteiger partial charge in [0.25, 0.3) is 5.56 Å². The Morgan fingerprint density at radius 2 is 2.03 bits per heavy atom. The van der Waals surface area contributed by atoms with Crippen molar-refractivity contribution >= 4 is 34.4 Å². The molecule has 0 spiro atoms. The van der Waals surface area contributed by atoms with Crippen molar-refractivity contribution in [3.8, 4) is 11.5 Å². The van der Waals surface area contributed by atoms with E-state index in [2.05, 4.69) is 10.4 Å². The monoisotopic (exact) mass is 481 g/mol. The van der Waals surface area contributed by atoms with E-state index in [9.17, 15) is 9.59 Å². The van der Waals surface area contributed by atoms with Crippen molar-refractivity contribution in [1.29, 1.82) is 0 Å². The van der Waals surface area contributed by atoms with Crippen LogP contribution in [0.25, 0.3) is 11.0 Å². The first-order valence-electron chi connectivity index (χ1n) is 10.9. The lowest BCUT2D eigenvalue weighted by molar-refractivity contribution is -0.113. The van der Waals surface area contributed by atoms with E-state index in [4.69, 9.17) is 18.9 Å². The lowest BCUT2D eigenvalue weighted by Crippen LogP contribution is -2.26. The van der Waals surface area contributed by atoms with E-state index in [0.717, 1.165) is 0 Å². The molecular weight excluding hydrogens is 458 g/mol. The summed E-state index contributed by atoms with van der Waals surface area (Å²) in [5.74, 6) is 1.69. The molecule has 176 valence electrons. The molecule has 3 aromatic heterocycles. The number of nitrogens with zero attached hydrogens (tertiary/aromatic N) is 4. The fourth-order valence-corrected chi connectivity index (χ4v) is 4.56. The molecule has 4 heterocycles. The Morgan fingerprint density at radius 3 is 2.79 bits per heavy atom. The molecule has 0 aliphatic carbocycles. The maximum Gasteiger partial charge on any atom is 0.280 e. The lowest BCUT2D eigenvalue weighted by Gasteiger charge is -2.19. The van der Waals surface area contributed by atoms with Gasteiger partial charge in [-0.15, -0.1) is 0 Å². The first-order chi connectivity index (χ1) is 16.5. The summed E-state index contributed by atoms with van der Waals surface area (Å²) >= 11 is 1.18. The molecule has 1 amide bonds. The van der Waals surface area contributed by atoms with E-state index in [-0.39, 0.29) is 23.8 Å². The zero-order valence-electron chi connectivity index (χ0n) is 18.7. The molecule has 4 aromatic rings. The number of aryl methyl sites for hydroxylation is 2. The molecule has 1 aliphatic rings. The Kier molecular flexibility index (Phi) is 6.01. The lowest BCUT2D eigenvalue weighted by atomic mass is 10.2. The second-order valence-electron chi connectivity index (χ2n) is 7.66. The first-order valence-corrected chi connectivity index (χ1v) is 11.8. The minimum absolute atomic E-state index is 0.0610. The number of benzene rings is 1. The van der Waals surface area contributed by atoms with Gasteiger partial charge < -0.3 is 19.2 Å². The van der Waals surface area contributed by atoms with Gasteiger partial charge in [0.05, 0.1) is 24.3 Å². The molecule has 1 aromatic carbocycles. The van der Waals surface area contributed by atoms with Gasteiger partial charge in [0.2, 0.25) is 5.91 Å². The summed E-state index contributed by atoms with van der Waals surface area (Å²) in [5, 5.41) is 7.72. The van der Waals surface area contributed by atoms with E-state index < -0.39 is 0 Å². The third-order valence-electron chi connectivity index (χ3n) is 5.33. The Morgan fingerprint density at radius 1 is 1.21 bits per heavy atom. The molecule has 10 nitrogen and oxygen atoms in total. The van der Waals surface area contributed by atoms with Gasteiger partial charge in [-0.25, -0.2) is 4.98 Å². The fourth-order valence-electron chi connectivity index (χ4n) is 3.77. The van der Waals surface area contributed by atoms with E-state index in [1.54, 1.807) is 41.3 Å². The number of ether oxygens (including phenoxy) is 2. The van der Waals surface area contributed by atoms with Crippen LogP contribution in [0.5, 0.6) is 11.5 Å². The van der Waals surface area contributed by atoms with Crippen molar-refractivity contribution in [3.05, 3.63) is 58.4 Å². The summed E-state index contributed by atoms with van der Waals surface area (Å²) in [6, 6.07) is 8.82. The van der Waals surface area contributed by atoms with Crippen molar-refractivity contribution in [2.24, 2.45) is 0 Å². The maximum absolute atomic E-state index is 13.4. The fraction of sp³-hybridized carbons (Fsp3) is 0.304. The van der Waals surface area contributed by atoms with Crippen molar-refractivity contribution in [2.75, 3.05) is 24.3 Å². The van der Waals surface area contributed by atoms with Crippen LogP contribution in [0.2, 0.25) is 0 Å². The number of anilines is 1. The molecule has 0 saturated heterocycles. The second kappa shape index (κ2) is 9.26. The number of aromatic nitrogens is 4. The first kappa shape index (κ1) is 22.1. The Labute approximate surface area is 198 Å². The van der Waals surface area contributed by atoms with Gasteiger partial charge in [-0.05, 0) is 38.1 Å². The number of carbonyl (C=O) groups excluding carboxylic acids is 1. The Bertz CT molecular complexity index is 1410. The van der Waals surface area contributed by atoms with Crippen LogP contribution in [0.15, 0.2) is 51.0 Å². The normalized spacial score (nSPS) is 12.8. The third-order valence-corrected chi connectivity index (χ3v) is 6.31. The van der Waals surface area contributed by atoms with Crippen molar-refractivity contribution in [1.82, 2.24) is 19.3 Å². The number of nitrogens with one attached hydrogen (secondary N) is 1. The van der Waals surface area contributed by atoms with Crippen LogP contribution in [-0.4, -0.2) is 44.2 Å². The van der Waals surface area contributed by atoms with Crippen molar-refractivity contribution < 1.29 is 18.7 Å². The van der Waals surface area contributed by atoms with E-state index in [1.165, 1.54) is 16.3 Å². The number of furan rings is 1. The number of carbonyl (C=O) groups is 1. The second-order valence-corrected chi connectivity index (χ2v) is 8.60. The average molecular weight is 482 g/mol. The third kappa shape index (κ3) is 4.26. The molecule has 11 heteroatoms. The minimum atomic E-state index is -0.235. The summed E-state index contributed by atoms with van der Waals surface area (Å²) in [6.45, 7) is 5.47. The minimum Gasteiger partial charge on any atom is -0.486 e. The molecule has 1 N–H and O–H groups in total. The van der Waals surface area contributed by atoms with E-state index in [1.807, 2.05) is 13.8 Å². The maximum atomic E-state index is 13.4. The van der Waals surface area contributed by atoms with Crippen LogP contribution in [0, 0.1) is 6.92 Å². The van der Waals surface area contributed by atoms with Gasteiger partial charge in [-0.3, -0.25) is 18.8 Å². The van der Waals surface area contributed by atoms with Crippen LogP contribution in [0.4, 0.5) is 5.69 Å². The molecule has 1 aliphatic heterocycles. The number of amides is 1. The van der Waals surface area contributed by atoms with Gasteiger partial charge >= 0.3 is 0 Å². The zero-order valence-corrected chi connectivity index (χ0v) is 19.6. The molecule has 0 radical (unpaired) electrons. The number of hydrogen-bond donors (Lipinski definition) is 1. The zero-order chi connectivity index (χ0) is 23.7. The molecule has 0 atom stereocenters. The van der Waals surface area contributed by atoms with E-state index >= 15 is 0 Å². The highest BCUT2D eigenvalue weighted by molar-refractivity contribution is 7.99. The molecule has 0 fully saturated rings. The highest BCUT2D eigenvalue weighted by atomic mass is 32.2. The summed E-state index contributed by atoms with van der Waals surface area (Å²) < 4.78 is 19.7. The largest absolute Gasteiger partial charge is 0.486 e. The van der Waals surface area contributed by atoms with Crippen LogP contribution in [0.3, 0.4) is 0 Å². The number of fused-ring (bicyclic) bond motifs is 2. The number of hydrogen-bond acceptors (Lipinski definition) is 8.